The molecule has 4 rings (SSSR count). The van der Waals surface area contributed by atoms with Gasteiger partial charge in [-0.2, -0.15) is 0 Å². The lowest BCUT2D eigenvalue weighted by Gasteiger charge is -2.45. The fraction of sp³-hybridized carbons (Fsp3) is 0.686. The van der Waals surface area contributed by atoms with Crippen LogP contribution in [0.4, 0.5) is 4.79 Å². The van der Waals surface area contributed by atoms with Gasteiger partial charge in [0.15, 0.2) is 18.5 Å². The maximum atomic E-state index is 13.7. The Morgan fingerprint density at radius 3 is 1.30 bits per heavy atom. The summed E-state index contributed by atoms with van der Waals surface area (Å²) in [7, 11) is -5.07. The van der Waals surface area contributed by atoms with Gasteiger partial charge >= 0.3 is 24.0 Å². The van der Waals surface area contributed by atoms with Crippen molar-refractivity contribution in [3.63, 3.8) is 0 Å². The van der Waals surface area contributed by atoms with Crippen LogP contribution in [0.5, 0.6) is 0 Å². The first-order valence-corrected chi connectivity index (χ1v) is 35.0. The minimum absolute atomic E-state index is 0.00338. The van der Waals surface area contributed by atoms with Gasteiger partial charge < -0.3 is 47.8 Å². The van der Waals surface area contributed by atoms with Gasteiger partial charge in [-0.1, -0.05) is 285 Å². The van der Waals surface area contributed by atoms with Crippen molar-refractivity contribution in [2.45, 2.75) is 282 Å². The van der Waals surface area contributed by atoms with Gasteiger partial charge in [-0.3, -0.25) is 14.4 Å². The molecular formula is C70H108NO15S-. The predicted molar refractivity (Wildman–Crippen MR) is 338 cm³/mol. The molecule has 6 atom stereocenters. The largest absolute Gasteiger partial charge is 0.748 e. The molecular weight excluding hydrogens is 1130 g/mol. The Morgan fingerprint density at radius 2 is 0.862 bits per heavy atom. The molecule has 87 heavy (non-hydrogen) atoms. The van der Waals surface area contributed by atoms with Crippen molar-refractivity contribution in [3.05, 3.63) is 108 Å². The number of hydrogen-bond donors (Lipinski definition) is 1. The standard InChI is InChI=1S/C70H109NO15S/c1-3-5-7-9-11-13-15-17-19-21-23-25-27-29-40-48-63(72)79-55-61(84-64(73)49-41-30-28-26-24-22-20-18-16-14-12-10-8-6-4-2)56-82-69-68(81-53-59-44-36-32-37-45-59)67(80-52-58-42-34-31-35-43-58)66(62(85-69)57-87(76,77)78)86-65(74)50-51-71-70(75)83-54-60-46-38-33-39-47-60/h31-39,42-47,61-62,66-69H,3-30,40-41,48-57H2,1-2H3,(H,71,75)(H,76,77,78)/p-1. The van der Waals surface area contributed by atoms with E-state index in [0.29, 0.717) is 18.4 Å². The Hall–Kier alpha value is -4.91. The predicted octanol–water partition coefficient (Wildman–Crippen LogP) is 15.7. The summed E-state index contributed by atoms with van der Waals surface area (Å²) in [5.41, 5.74) is 2.22. The summed E-state index contributed by atoms with van der Waals surface area (Å²) in [6, 6.07) is 27.3. The Bertz CT molecular complexity index is 2330. The van der Waals surface area contributed by atoms with Crippen LogP contribution >= 0.6 is 0 Å². The Labute approximate surface area is 522 Å². The zero-order valence-corrected chi connectivity index (χ0v) is 53.8. The third-order valence-electron chi connectivity index (χ3n) is 15.8. The van der Waals surface area contributed by atoms with Crippen molar-refractivity contribution < 1.29 is 70.0 Å². The van der Waals surface area contributed by atoms with Crippen LogP contribution in [0.1, 0.15) is 242 Å². The molecule has 3 aromatic carbocycles. The van der Waals surface area contributed by atoms with Gasteiger partial charge in [-0.15, -0.1) is 0 Å². The van der Waals surface area contributed by atoms with Gasteiger partial charge in [0, 0.05) is 19.4 Å². The molecule has 0 radical (unpaired) electrons. The molecule has 0 spiro atoms. The lowest BCUT2D eigenvalue weighted by atomic mass is 9.98. The number of nitrogens with one attached hydrogen (secondary N) is 1. The summed E-state index contributed by atoms with van der Waals surface area (Å²) in [6.07, 6.45) is 26.5. The summed E-state index contributed by atoms with van der Waals surface area (Å²) in [5, 5.41) is 2.52. The maximum absolute atomic E-state index is 13.7. The molecule has 1 amide bonds. The van der Waals surface area contributed by atoms with E-state index in [9.17, 15) is 32.1 Å². The van der Waals surface area contributed by atoms with E-state index in [1.165, 1.54) is 141 Å². The summed E-state index contributed by atoms with van der Waals surface area (Å²) < 4.78 is 86.9. The summed E-state index contributed by atoms with van der Waals surface area (Å²) in [6.45, 7) is 3.46. The number of unbranched alkanes of at least 4 members (excludes halogenated alkanes) is 28. The second-order valence-corrected chi connectivity index (χ2v) is 25.0. The fourth-order valence-electron chi connectivity index (χ4n) is 10.7. The third-order valence-corrected chi connectivity index (χ3v) is 16.5. The molecule has 0 aliphatic carbocycles. The Kier molecular flexibility index (Phi) is 41.1. The number of ether oxygens (including phenoxy) is 8. The second-order valence-electron chi connectivity index (χ2n) is 23.5. The quantitative estimate of drug-likeness (QED) is 0.0241. The van der Waals surface area contributed by atoms with E-state index in [2.05, 4.69) is 19.2 Å². The monoisotopic (exact) mass is 1230 g/mol. The van der Waals surface area contributed by atoms with Gasteiger partial charge in [-0.05, 0) is 29.5 Å². The van der Waals surface area contributed by atoms with Gasteiger partial charge in [0.05, 0.1) is 42.1 Å². The van der Waals surface area contributed by atoms with Crippen LogP contribution in [0.3, 0.4) is 0 Å². The van der Waals surface area contributed by atoms with Crippen LogP contribution in [0, 0.1) is 0 Å². The molecule has 1 aliphatic rings. The second kappa shape index (κ2) is 48.0. The number of carbonyl (C=O) groups is 4. The molecule has 6 unspecified atom stereocenters. The molecule has 0 saturated carbocycles. The topological polar surface area (TPSA) is 211 Å². The Morgan fingerprint density at radius 1 is 0.460 bits per heavy atom. The highest BCUT2D eigenvalue weighted by atomic mass is 32.2. The number of amides is 1. The van der Waals surface area contributed by atoms with E-state index in [1.807, 2.05) is 78.9 Å². The van der Waals surface area contributed by atoms with Crippen LogP contribution in [0.2, 0.25) is 0 Å². The zero-order valence-electron chi connectivity index (χ0n) is 52.9. The summed E-state index contributed by atoms with van der Waals surface area (Å²) >= 11 is 0. The molecule has 490 valence electrons. The van der Waals surface area contributed by atoms with Crippen molar-refractivity contribution in [1.82, 2.24) is 5.32 Å². The van der Waals surface area contributed by atoms with Crippen LogP contribution in [0.15, 0.2) is 91.0 Å². The first-order chi connectivity index (χ1) is 42.4. The van der Waals surface area contributed by atoms with Crippen molar-refractivity contribution >= 4 is 34.1 Å². The van der Waals surface area contributed by atoms with E-state index in [4.69, 9.17) is 37.9 Å². The lowest BCUT2D eigenvalue weighted by molar-refractivity contribution is -0.317. The minimum atomic E-state index is -5.07. The average molecular weight is 1240 g/mol. The van der Waals surface area contributed by atoms with Crippen LogP contribution in [0.25, 0.3) is 0 Å². The average Bonchev–Trinajstić information content (AvgIpc) is 1.16. The number of carbonyl (C=O) groups excluding carboxylic acids is 4. The van der Waals surface area contributed by atoms with Gasteiger partial charge in [0.2, 0.25) is 0 Å². The molecule has 1 aliphatic heterocycles. The number of esters is 3. The number of benzene rings is 3. The van der Waals surface area contributed by atoms with Crippen LogP contribution in [-0.2, 0) is 82.2 Å². The van der Waals surface area contributed by atoms with Crippen molar-refractivity contribution in [2.75, 3.05) is 25.5 Å². The number of alkyl carbamates (subject to hydrolysis) is 1. The molecule has 1 N–H and O–H groups in total. The SMILES string of the molecule is CCCCCCCCCCCCCCCCCC(=O)OCC(COC1OC(CS(=O)(=O)[O-])C(OC(=O)CCNC(=O)OCc2ccccc2)C(OCc2ccccc2)C1OCc1ccccc1)OC(=O)CCCCCCCCCCCCCCCCC. The maximum Gasteiger partial charge on any atom is 0.407 e. The lowest BCUT2D eigenvalue weighted by Crippen LogP contribution is -2.62. The van der Waals surface area contributed by atoms with E-state index < -0.39 is 83.3 Å². The highest BCUT2D eigenvalue weighted by Crippen LogP contribution is 2.32. The van der Waals surface area contributed by atoms with Gasteiger partial charge in [-0.25, -0.2) is 13.2 Å². The first kappa shape index (κ1) is 74.6. The molecule has 1 heterocycles. The summed E-state index contributed by atoms with van der Waals surface area (Å²) in [4.78, 5) is 53.1. The van der Waals surface area contributed by atoms with Crippen molar-refractivity contribution in [1.29, 1.82) is 0 Å². The van der Waals surface area contributed by atoms with Gasteiger partial charge in [0.1, 0.15) is 31.5 Å². The molecule has 16 nitrogen and oxygen atoms in total. The smallest absolute Gasteiger partial charge is 0.407 e. The minimum Gasteiger partial charge on any atom is -0.748 e. The normalized spacial score (nSPS) is 17.1. The Balaban J connectivity index is 1.43. The van der Waals surface area contributed by atoms with E-state index >= 15 is 0 Å². The first-order valence-electron chi connectivity index (χ1n) is 33.4. The highest BCUT2D eigenvalue weighted by molar-refractivity contribution is 7.85. The number of rotatable bonds is 52. The van der Waals surface area contributed by atoms with Crippen LogP contribution < -0.4 is 5.32 Å². The highest BCUT2D eigenvalue weighted by Gasteiger charge is 2.51. The van der Waals surface area contributed by atoms with E-state index in [-0.39, 0.29) is 52.2 Å². The van der Waals surface area contributed by atoms with Crippen LogP contribution in [-0.4, -0.2) is 99.3 Å². The third kappa shape index (κ3) is 37.0. The van der Waals surface area contributed by atoms with E-state index in [1.54, 1.807) is 12.1 Å². The molecule has 1 fully saturated rings. The van der Waals surface area contributed by atoms with E-state index in [0.717, 1.165) is 49.7 Å². The number of hydrogen-bond acceptors (Lipinski definition) is 15. The molecule has 1 saturated heterocycles. The molecule has 17 heteroatoms. The van der Waals surface area contributed by atoms with Crippen molar-refractivity contribution in [3.8, 4) is 0 Å². The fourth-order valence-corrected chi connectivity index (χ4v) is 11.4. The molecule has 3 aromatic rings. The van der Waals surface area contributed by atoms with Gasteiger partial charge in [0.25, 0.3) is 0 Å². The van der Waals surface area contributed by atoms with Crippen molar-refractivity contribution in [2.24, 2.45) is 0 Å². The molecule has 0 bridgehead atoms. The summed E-state index contributed by atoms with van der Waals surface area (Å²) in [5.74, 6) is -2.96. The molecule has 0 aromatic heterocycles. The zero-order chi connectivity index (χ0) is 62.3.